The van der Waals surface area contributed by atoms with E-state index in [4.69, 9.17) is 4.74 Å². The average molecular weight is 459 g/mol. The third-order valence-electron chi connectivity index (χ3n) is 4.69. The van der Waals surface area contributed by atoms with Crippen LogP contribution in [0, 0.1) is 6.92 Å². The molecule has 0 saturated carbocycles. The Morgan fingerprint density at radius 1 is 1.12 bits per heavy atom. The molecule has 4 aromatic rings. The van der Waals surface area contributed by atoms with Crippen molar-refractivity contribution in [2.24, 2.45) is 5.10 Å². The SMILES string of the molecule is COc1ccc(-c2nnc(SCC(=O)N/N=C/c3cccnc3)n2-c2ccc(C)cc2)cc1. The molecule has 166 valence electrons. The van der Waals surface area contributed by atoms with Gasteiger partial charge in [0.15, 0.2) is 11.0 Å². The van der Waals surface area contributed by atoms with Crippen LogP contribution >= 0.6 is 11.8 Å². The van der Waals surface area contributed by atoms with Crippen LogP contribution in [0.4, 0.5) is 0 Å². The van der Waals surface area contributed by atoms with Crippen molar-refractivity contribution in [1.82, 2.24) is 25.2 Å². The predicted octanol–water partition coefficient (Wildman–Crippen LogP) is 3.89. The first-order valence-corrected chi connectivity index (χ1v) is 11.1. The quantitative estimate of drug-likeness (QED) is 0.245. The number of thioether (sulfide) groups is 1. The molecule has 0 radical (unpaired) electrons. The first-order valence-electron chi connectivity index (χ1n) is 10.2. The van der Waals surface area contributed by atoms with Crippen LogP contribution in [-0.4, -0.2) is 44.7 Å². The largest absolute Gasteiger partial charge is 0.497 e. The third kappa shape index (κ3) is 5.64. The summed E-state index contributed by atoms with van der Waals surface area (Å²) >= 11 is 1.29. The second kappa shape index (κ2) is 10.6. The summed E-state index contributed by atoms with van der Waals surface area (Å²) in [5.74, 6) is 1.33. The first-order chi connectivity index (χ1) is 16.1. The normalized spacial score (nSPS) is 11.0. The van der Waals surface area contributed by atoms with Crippen molar-refractivity contribution in [2.45, 2.75) is 12.1 Å². The maximum Gasteiger partial charge on any atom is 0.250 e. The monoisotopic (exact) mass is 458 g/mol. The number of methoxy groups -OCH3 is 1. The number of aromatic nitrogens is 4. The van der Waals surface area contributed by atoms with Crippen LogP contribution in [0.5, 0.6) is 5.75 Å². The van der Waals surface area contributed by atoms with Crippen molar-refractivity contribution < 1.29 is 9.53 Å². The van der Waals surface area contributed by atoms with Crippen LogP contribution in [0.2, 0.25) is 0 Å². The molecule has 0 saturated heterocycles. The van der Waals surface area contributed by atoms with Gasteiger partial charge in [-0.15, -0.1) is 10.2 Å². The molecule has 2 heterocycles. The molecular formula is C24H22N6O2S. The van der Waals surface area contributed by atoms with Crippen LogP contribution in [0.25, 0.3) is 17.1 Å². The number of rotatable bonds is 8. The number of aryl methyl sites for hydroxylation is 1. The Bertz CT molecular complexity index is 1240. The van der Waals surface area contributed by atoms with Gasteiger partial charge in [0, 0.05) is 29.2 Å². The van der Waals surface area contributed by atoms with Gasteiger partial charge < -0.3 is 4.74 Å². The number of carbonyl (C=O) groups excluding carboxylic acids is 1. The lowest BCUT2D eigenvalue weighted by atomic mass is 10.2. The topological polar surface area (TPSA) is 94.3 Å². The van der Waals surface area contributed by atoms with E-state index in [0.717, 1.165) is 28.1 Å². The molecule has 0 aliphatic heterocycles. The zero-order valence-corrected chi connectivity index (χ0v) is 19.0. The third-order valence-corrected chi connectivity index (χ3v) is 5.62. The molecular weight excluding hydrogens is 436 g/mol. The van der Waals surface area contributed by atoms with Crippen molar-refractivity contribution >= 4 is 23.9 Å². The van der Waals surface area contributed by atoms with E-state index in [1.54, 1.807) is 31.8 Å². The van der Waals surface area contributed by atoms with Crippen molar-refractivity contribution in [3.8, 4) is 22.8 Å². The van der Waals surface area contributed by atoms with Gasteiger partial charge in [0.25, 0.3) is 5.91 Å². The zero-order valence-electron chi connectivity index (χ0n) is 18.2. The van der Waals surface area contributed by atoms with E-state index in [1.807, 2.05) is 66.1 Å². The van der Waals surface area contributed by atoms with E-state index < -0.39 is 0 Å². The molecule has 1 amide bonds. The van der Waals surface area contributed by atoms with Crippen molar-refractivity contribution in [2.75, 3.05) is 12.9 Å². The van der Waals surface area contributed by atoms with E-state index in [9.17, 15) is 4.79 Å². The molecule has 0 spiro atoms. The summed E-state index contributed by atoms with van der Waals surface area (Å²) in [5, 5.41) is 13.3. The van der Waals surface area contributed by atoms with Crippen LogP contribution in [-0.2, 0) is 4.79 Å². The Kier molecular flexibility index (Phi) is 7.11. The molecule has 0 aliphatic carbocycles. The zero-order chi connectivity index (χ0) is 23.0. The van der Waals surface area contributed by atoms with E-state index in [-0.39, 0.29) is 11.7 Å². The molecule has 0 fully saturated rings. The van der Waals surface area contributed by atoms with Gasteiger partial charge in [-0.05, 0) is 49.4 Å². The van der Waals surface area contributed by atoms with Crippen molar-refractivity contribution in [3.05, 3.63) is 84.2 Å². The van der Waals surface area contributed by atoms with Crippen LogP contribution < -0.4 is 10.2 Å². The van der Waals surface area contributed by atoms with E-state index >= 15 is 0 Å². The van der Waals surface area contributed by atoms with E-state index in [2.05, 4.69) is 25.7 Å². The fourth-order valence-electron chi connectivity index (χ4n) is 3.01. The van der Waals surface area contributed by atoms with Crippen LogP contribution in [0.15, 0.2) is 83.3 Å². The van der Waals surface area contributed by atoms with Gasteiger partial charge in [-0.3, -0.25) is 14.3 Å². The number of hydrogen-bond acceptors (Lipinski definition) is 7. The molecule has 4 rings (SSSR count). The summed E-state index contributed by atoms with van der Waals surface area (Å²) in [7, 11) is 1.63. The van der Waals surface area contributed by atoms with E-state index in [1.165, 1.54) is 11.8 Å². The highest BCUT2D eigenvalue weighted by Gasteiger charge is 2.17. The minimum Gasteiger partial charge on any atom is -0.497 e. The molecule has 0 atom stereocenters. The Labute approximate surface area is 195 Å². The molecule has 2 aromatic carbocycles. The van der Waals surface area contributed by atoms with Gasteiger partial charge in [0.2, 0.25) is 0 Å². The standard InChI is InChI=1S/C24H22N6O2S/c1-17-5-9-20(10-6-17)30-23(19-7-11-21(32-2)12-8-19)28-29-24(30)33-16-22(31)27-26-15-18-4-3-13-25-14-18/h3-15H,16H2,1-2H3,(H,27,31)/b26-15+. The Morgan fingerprint density at radius 3 is 2.61 bits per heavy atom. The molecule has 33 heavy (non-hydrogen) atoms. The maximum absolute atomic E-state index is 12.3. The molecule has 1 N–H and O–H groups in total. The van der Waals surface area contributed by atoms with Gasteiger partial charge >= 0.3 is 0 Å². The summed E-state index contributed by atoms with van der Waals surface area (Å²) in [6.07, 6.45) is 4.89. The maximum atomic E-state index is 12.3. The highest BCUT2D eigenvalue weighted by atomic mass is 32.2. The van der Waals surface area contributed by atoms with Gasteiger partial charge in [-0.2, -0.15) is 5.10 Å². The second-order valence-electron chi connectivity index (χ2n) is 7.07. The van der Waals surface area contributed by atoms with Gasteiger partial charge in [-0.1, -0.05) is 35.5 Å². The molecule has 0 unspecified atom stereocenters. The number of hydrogen-bond donors (Lipinski definition) is 1. The Balaban J connectivity index is 1.53. The summed E-state index contributed by atoms with van der Waals surface area (Å²) in [4.78, 5) is 16.3. The molecule has 2 aromatic heterocycles. The summed E-state index contributed by atoms with van der Waals surface area (Å²) in [5.41, 5.74) is 6.28. The van der Waals surface area contributed by atoms with Crippen molar-refractivity contribution in [3.63, 3.8) is 0 Å². The van der Waals surface area contributed by atoms with Crippen LogP contribution in [0.3, 0.4) is 0 Å². The number of carbonyl (C=O) groups is 1. The Hall–Kier alpha value is -3.98. The first kappa shape index (κ1) is 22.2. The number of ether oxygens (including phenoxy) is 1. The second-order valence-corrected chi connectivity index (χ2v) is 8.02. The highest BCUT2D eigenvalue weighted by molar-refractivity contribution is 7.99. The predicted molar refractivity (Wildman–Crippen MR) is 129 cm³/mol. The average Bonchev–Trinajstić information content (AvgIpc) is 3.28. The van der Waals surface area contributed by atoms with Gasteiger partial charge in [-0.25, -0.2) is 5.43 Å². The number of benzene rings is 2. The lowest BCUT2D eigenvalue weighted by Gasteiger charge is -2.11. The summed E-state index contributed by atoms with van der Waals surface area (Å²) < 4.78 is 7.20. The van der Waals surface area contributed by atoms with Gasteiger partial charge in [0.05, 0.1) is 19.1 Å². The van der Waals surface area contributed by atoms with Crippen LogP contribution in [0.1, 0.15) is 11.1 Å². The number of amides is 1. The number of hydrazone groups is 1. The molecule has 9 heteroatoms. The number of nitrogens with one attached hydrogen (secondary N) is 1. The summed E-state index contributed by atoms with van der Waals surface area (Å²) in [6, 6.07) is 19.3. The fraction of sp³-hybridized carbons (Fsp3) is 0.125. The molecule has 8 nitrogen and oxygen atoms in total. The summed E-state index contributed by atoms with van der Waals surface area (Å²) in [6.45, 7) is 2.03. The molecule has 0 bridgehead atoms. The number of pyridine rings is 1. The lowest BCUT2D eigenvalue weighted by Crippen LogP contribution is -2.20. The smallest absolute Gasteiger partial charge is 0.250 e. The Morgan fingerprint density at radius 2 is 1.91 bits per heavy atom. The number of nitrogens with zero attached hydrogens (tertiary/aromatic N) is 5. The highest BCUT2D eigenvalue weighted by Crippen LogP contribution is 2.29. The minimum atomic E-state index is -0.246. The van der Waals surface area contributed by atoms with E-state index in [0.29, 0.717) is 11.0 Å². The lowest BCUT2D eigenvalue weighted by molar-refractivity contribution is -0.118. The minimum absolute atomic E-state index is 0.136. The fourth-order valence-corrected chi connectivity index (χ4v) is 3.75. The van der Waals surface area contributed by atoms with Gasteiger partial charge in [0.1, 0.15) is 5.75 Å². The van der Waals surface area contributed by atoms with Crippen molar-refractivity contribution in [1.29, 1.82) is 0 Å². The molecule has 0 aliphatic rings.